The molecule has 2 aromatic rings. The summed E-state index contributed by atoms with van der Waals surface area (Å²) in [5, 5.41) is 13.7. The monoisotopic (exact) mass is 324 g/mol. The van der Waals surface area contributed by atoms with E-state index >= 15 is 0 Å². The zero-order valence-electron chi connectivity index (χ0n) is 9.77. The van der Waals surface area contributed by atoms with E-state index in [4.69, 9.17) is 0 Å². The Bertz CT molecular complexity index is 619. The van der Waals surface area contributed by atoms with Gasteiger partial charge in [0.05, 0.1) is 4.92 Å². The Morgan fingerprint density at radius 2 is 1.95 bits per heavy atom. The van der Waals surface area contributed by atoms with E-state index in [1.807, 2.05) is 24.3 Å². The van der Waals surface area contributed by atoms with Crippen LogP contribution in [0.3, 0.4) is 0 Å². The van der Waals surface area contributed by atoms with E-state index in [2.05, 4.69) is 21.2 Å². The Kier molecular flexibility index (Phi) is 4.11. The fraction of sp³-hybridized carbons (Fsp3) is 0.0769. The SMILES string of the molecule is O=[N+]([O-])c1c(F)cccc1NCc1ccccc1Br. The van der Waals surface area contributed by atoms with Gasteiger partial charge in [0.25, 0.3) is 0 Å². The number of nitrogens with zero attached hydrogens (tertiary/aromatic N) is 1. The molecule has 0 aliphatic heterocycles. The average Bonchev–Trinajstić information content (AvgIpc) is 2.37. The maximum Gasteiger partial charge on any atom is 0.327 e. The van der Waals surface area contributed by atoms with E-state index in [0.717, 1.165) is 16.1 Å². The molecule has 0 atom stereocenters. The number of halogens is 2. The Balaban J connectivity index is 2.23. The highest BCUT2D eigenvalue weighted by Crippen LogP contribution is 2.28. The lowest BCUT2D eigenvalue weighted by molar-refractivity contribution is -0.386. The highest BCUT2D eigenvalue weighted by molar-refractivity contribution is 9.10. The molecule has 0 aromatic heterocycles. The summed E-state index contributed by atoms with van der Waals surface area (Å²) in [6.45, 7) is 0.367. The zero-order valence-corrected chi connectivity index (χ0v) is 11.4. The topological polar surface area (TPSA) is 55.2 Å². The molecule has 0 radical (unpaired) electrons. The molecular formula is C13H10BrFN2O2. The van der Waals surface area contributed by atoms with E-state index in [1.54, 1.807) is 0 Å². The summed E-state index contributed by atoms with van der Waals surface area (Å²) in [5.41, 5.74) is 0.566. The van der Waals surface area contributed by atoms with Crippen LogP contribution in [0.1, 0.15) is 5.56 Å². The smallest absolute Gasteiger partial charge is 0.327 e. The van der Waals surface area contributed by atoms with Crippen molar-refractivity contribution in [1.82, 2.24) is 0 Å². The number of rotatable bonds is 4. The van der Waals surface area contributed by atoms with Crippen molar-refractivity contribution in [3.8, 4) is 0 Å². The number of anilines is 1. The first-order valence-corrected chi connectivity index (χ1v) is 6.29. The van der Waals surface area contributed by atoms with Gasteiger partial charge in [-0.2, -0.15) is 4.39 Å². The number of nitro benzene ring substituents is 1. The van der Waals surface area contributed by atoms with Gasteiger partial charge >= 0.3 is 5.69 Å². The molecule has 0 saturated heterocycles. The van der Waals surface area contributed by atoms with Crippen molar-refractivity contribution in [1.29, 1.82) is 0 Å². The first-order chi connectivity index (χ1) is 9.09. The zero-order chi connectivity index (χ0) is 13.8. The standard InChI is InChI=1S/C13H10BrFN2O2/c14-10-5-2-1-4-9(10)8-16-12-7-3-6-11(15)13(12)17(18)19/h1-7,16H,8H2. The Morgan fingerprint density at radius 1 is 1.21 bits per heavy atom. The molecule has 2 rings (SSSR count). The quantitative estimate of drug-likeness (QED) is 0.680. The second kappa shape index (κ2) is 5.79. The van der Waals surface area contributed by atoms with E-state index in [-0.39, 0.29) is 5.69 Å². The Hall–Kier alpha value is -1.95. The highest BCUT2D eigenvalue weighted by Gasteiger charge is 2.19. The predicted molar refractivity (Wildman–Crippen MR) is 74.5 cm³/mol. The lowest BCUT2D eigenvalue weighted by atomic mass is 10.2. The average molecular weight is 325 g/mol. The molecule has 1 N–H and O–H groups in total. The van der Waals surface area contributed by atoms with Gasteiger partial charge in [0, 0.05) is 11.0 Å². The third-order valence-corrected chi connectivity index (χ3v) is 3.37. The second-order valence-electron chi connectivity index (χ2n) is 3.84. The predicted octanol–water partition coefficient (Wildman–Crippen LogP) is 4.11. The first kappa shape index (κ1) is 13.5. The van der Waals surface area contributed by atoms with Crippen LogP contribution in [0.15, 0.2) is 46.9 Å². The van der Waals surface area contributed by atoms with Gasteiger partial charge in [-0.05, 0) is 23.8 Å². The van der Waals surface area contributed by atoms with Gasteiger partial charge < -0.3 is 5.32 Å². The van der Waals surface area contributed by atoms with Gasteiger partial charge in [-0.15, -0.1) is 0 Å². The Morgan fingerprint density at radius 3 is 2.63 bits per heavy atom. The summed E-state index contributed by atoms with van der Waals surface area (Å²) < 4.78 is 14.3. The molecular weight excluding hydrogens is 315 g/mol. The van der Waals surface area contributed by atoms with Crippen molar-refractivity contribution < 1.29 is 9.31 Å². The molecule has 98 valence electrons. The molecule has 0 spiro atoms. The Labute approximate surface area is 117 Å². The van der Waals surface area contributed by atoms with E-state index in [0.29, 0.717) is 6.54 Å². The summed E-state index contributed by atoms with van der Waals surface area (Å²) in [6.07, 6.45) is 0. The van der Waals surface area contributed by atoms with Crippen molar-refractivity contribution in [2.45, 2.75) is 6.54 Å². The van der Waals surface area contributed by atoms with Crippen molar-refractivity contribution in [2.24, 2.45) is 0 Å². The molecule has 0 saturated carbocycles. The van der Waals surface area contributed by atoms with Crippen molar-refractivity contribution >= 4 is 27.3 Å². The van der Waals surface area contributed by atoms with Crippen LogP contribution >= 0.6 is 15.9 Å². The lowest BCUT2D eigenvalue weighted by Crippen LogP contribution is -2.04. The molecule has 0 aliphatic rings. The van der Waals surface area contributed by atoms with Crippen LogP contribution in [0.2, 0.25) is 0 Å². The van der Waals surface area contributed by atoms with Gasteiger partial charge in [-0.25, -0.2) is 0 Å². The fourth-order valence-electron chi connectivity index (χ4n) is 1.68. The van der Waals surface area contributed by atoms with Crippen LogP contribution in [-0.2, 0) is 6.54 Å². The molecule has 0 amide bonds. The highest BCUT2D eigenvalue weighted by atomic mass is 79.9. The van der Waals surface area contributed by atoms with Gasteiger partial charge in [0.15, 0.2) is 0 Å². The largest absolute Gasteiger partial charge is 0.375 e. The minimum Gasteiger partial charge on any atom is -0.375 e. The minimum absolute atomic E-state index is 0.167. The van der Waals surface area contributed by atoms with Gasteiger partial charge in [-0.3, -0.25) is 10.1 Å². The third kappa shape index (κ3) is 3.08. The molecule has 19 heavy (non-hydrogen) atoms. The number of nitro groups is 1. The van der Waals surface area contributed by atoms with Gasteiger partial charge in [0.2, 0.25) is 5.82 Å². The molecule has 0 bridgehead atoms. The molecule has 4 nitrogen and oxygen atoms in total. The molecule has 0 heterocycles. The number of para-hydroxylation sites is 1. The summed E-state index contributed by atoms with van der Waals surface area (Å²) in [7, 11) is 0. The van der Waals surface area contributed by atoms with E-state index in [1.165, 1.54) is 12.1 Å². The summed E-state index contributed by atoms with van der Waals surface area (Å²) in [4.78, 5) is 10.1. The molecule has 0 unspecified atom stereocenters. The van der Waals surface area contributed by atoms with Gasteiger partial charge in [-0.1, -0.05) is 40.2 Å². The van der Waals surface area contributed by atoms with Crippen LogP contribution in [0.4, 0.5) is 15.8 Å². The normalized spacial score (nSPS) is 10.2. The lowest BCUT2D eigenvalue weighted by Gasteiger charge is -2.08. The molecule has 0 fully saturated rings. The first-order valence-electron chi connectivity index (χ1n) is 5.50. The van der Waals surface area contributed by atoms with Crippen LogP contribution in [0.5, 0.6) is 0 Å². The van der Waals surface area contributed by atoms with Crippen LogP contribution in [0.25, 0.3) is 0 Å². The van der Waals surface area contributed by atoms with Crippen molar-refractivity contribution in [3.63, 3.8) is 0 Å². The van der Waals surface area contributed by atoms with E-state index in [9.17, 15) is 14.5 Å². The van der Waals surface area contributed by atoms with Gasteiger partial charge in [0.1, 0.15) is 5.69 Å². The minimum atomic E-state index is -0.845. The maximum atomic E-state index is 13.4. The summed E-state index contributed by atoms with van der Waals surface area (Å²) in [5.74, 6) is -0.845. The van der Waals surface area contributed by atoms with Crippen molar-refractivity contribution in [3.05, 3.63) is 68.4 Å². The fourth-order valence-corrected chi connectivity index (χ4v) is 2.10. The van der Waals surface area contributed by atoms with Crippen LogP contribution in [-0.4, -0.2) is 4.92 Å². The summed E-state index contributed by atoms with van der Waals surface area (Å²) >= 11 is 3.38. The molecule has 2 aromatic carbocycles. The summed E-state index contributed by atoms with van der Waals surface area (Å²) in [6, 6.07) is 11.5. The number of benzene rings is 2. The number of hydrogen-bond acceptors (Lipinski definition) is 3. The van der Waals surface area contributed by atoms with Crippen LogP contribution < -0.4 is 5.32 Å². The molecule has 6 heteroatoms. The van der Waals surface area contributed by atoms with Crippen LogP contribution in [0, 0.1) is 15.9 Å². The number of hydrogen-bond donors (Lipinski definition) is 1. The van der Waals surface area contributed by atoms with E-state index < -0.39 is 16.4 Å². The molecule has 0 aliphatic carbocycles. The van der Waals surface area contributed by atoms with Crippen molar-refractivity contribution in [2.75, 3.05) is 5.32 Å². The maximum absolute atomic E-state index is 13.4. The third-order valence-electron chi connectivity index (χ3n) is 2.60. The second-order valence-corrected chi connectivity index (χ2v) is 4.69. The number of nitrogens with one attached hydrogen (secondary N) is 1.